The van der Waals surface area contributed by atoms with E-state index in [1.165, 1.54) is 5.56 Å². The van der Waals surface area contributed by atoms with E-state index in [-0.39, 0.29) is 5.91 Å². The fourth-order valence-corrected chi connectivity index (χ4v) is 4.81. The molecular formula is C23H25N3O2. The molecular weight excluding hydrogens is 350 g/mol. The van der Waals surface area contributed by atoms with Gasteiger partial charge in [0.2, 0.25) is 0 Å². The van der Waals surface area contributed by atoms with Crippen LogP contribution in [0.25, 0.3) is 10.9 Å². The van der Waals surface area contributed by atoms with Gasteiger partial charge in [-0.1, -0.05) is 32.0 Å². The highest BCUT2D eigenvalue weighted by atomic mass is 16.5. The van der Waals surface area contributed by atoms with Crippen molar-refractivity contribution in [2.45, 2.75) is 25.8 Å². The van der Waals surface area contributed by atoms with Gasteiger partial charge in [0.25, 0.3) is 5.91 Å². The predicted octanol–water partition coefficient (Wildman–Crippen LogP) is 3.57. The summed E-state index contributed by atoms with van der Waals surface area (Å²) in [6, 6.07) is 14.2. The van der Waals surface area contributed by atoms with E-state index in [0.29, 0.717) is 12.5 Å². The lowest BCUT2D eigenvalue weighted by Crippen LogP contribution is -2.55. The van der Waals surface area contributed by atoms with Crippen molar-refractivity contribution in [2.75, 3.05) is 25.1 Å². The van der Waals surface area contributed by atoms with Gasteiger partial charge in [0.05, 0.1) is 12.8 Å². The smallest absolute Gasteiger partial charge is 0.258 e. The number of carbonyl (C=O) groups is 1. The van der Waals surface area contributed by atoms with Crippen molar-refractivity contribution in [1.82, 2.24) is 10.3 Å². The van der Waals surface area contributed by atoms with E-state index < -0.39 is 5.54 Å². The summed E-state index contributed by atoms with van der Waals surface area (Å²) in [6.45, 7) is 5.76. The first kappa shape index (κ1) is 17.3. The molecule has 0 fully saturated rings. The average molecular weight is 375 g/mol. The van der Waals surface area contributed by atoms with Crippen LogP contribution >= 0.6 is 0 Å². The first-order chi connectivity index (χ1) is 13.6. The van der Waals surface area contributed by atoms with E-state index in [1.807, 2.05) is 29.2 Å². The fraction of sp³-hybridized carbons (Fsp3) is 0.348. The van der Waals surface area contributed by atoms with Gasteiger partial charge in [-0.3, -0.25) is 10.1 Å². The Bertz CT molecular complexity index is 1080. The molecule has 3 aromatic rings. The van der Waals surface area contributed by atoms with Crippen LogP contribution in [0, 0.1) is 5.92 Å². The van der Waals surface area contributed by atoms with Gasteiger partial charge in [-0.15, -0.1) is 0 Å². The molecule has 1 spiro atoms. The van der Waals surface area contributed by atoms with Gasteiger partial charge in [0.1, 0.15) is 5.75 Å². The minimum atomic E-state index is -0.842. The molecule has 0 unspecified atom stereocenters. The topological polar surface area (TPSA) is 57.4 Å². The molecule has 5 nitrogen and oxygen atoms in total. The van der Waals surface area contributed by atoms with E-state index >= 15 is 0 Å². The molecule has 1 aromatic heterocycles. The number of nitrogens with one attached hydrogen (secondary N) is 2. The molecule has 144 valence electrons. The second-order valence-electron chi connectivity index (χ2n) is 8.14. The van der Waals surface area contributed by atoms with Crippen LogP contribution in [0.5, 0.6) is 5.75 Å². The summed E-state index contributed by atoms with van der Waals surface area (Å²) >= 11 is 0. The predicted molar refractivity (Wildman–Crippen MR) is 111 cm³/mol. The van der Waals surface area contributed by atoms with Gasteiger partial charge < -0.3 is 14.6 Å². The molecule has 2 aliphatic heterocycles. The van der Waals surface area contributed by atoms with Crippen molar-refractivity contribution >= 4 is 22.5 Å². The normalized spacial score (nSPS) is 20.9. The highest BCUT2D eigenvalue weighted by Gasteiger charge is 2.55. The van der Waals surface area contributed by atoms with Gasteiger partial charge in [-0.05, 0) is 42.2 Å². The first-order valence-corrected chi connectivity index (χ1v) is 9.92. The second-order valence-corrected chi connectivity index (χ2v) is 8.14. The van der Waals surface area contributed by atoms with Crippen molar-refractivity contribution in [3.8, 4) is 5.75 Å². The average Bonchev–Trinajstić information content (AvgIpc) is 3.18. The number of ether oxygens (including phenoxy) is 1. The zero-order valence-corrected chi connectivity index (χ0v) is 16.5. The summed E-state index contributed by atoms with van der Waals surface area (Å²) in [4.78, 5) is 19.4. The van der Waals surface area contributed by atoms with Crippen molar-refractivity contribution in [3.63, 3.8) is 0 Å². The van der Waals surface area contributed by atoms with E-state index in [4.69, 9.17) is 4.74 Å². The number of fused-ring (bicyclic) bond motifs is 6. The maximum absolute atomic E-state index is 13.9. The number of benzene rings is 2. The van der Waals surface area contributed by atoms with Crippen LogP contribution in [-0.2, 0) is 16.8 Å². The molecule has 0 bridgehead atoms. The van der Waals surface area contributed by atoms with Crippen LogP contribution in [-0.4, -0.2) is 31.1 Å². The number of hydrogen-bond acceptors (Lipinski definition) is 3. The molecule has 3 heterocycles. The highest BCUT2D eigenvalue weighted by Crippen LogP contribution is 2.48. The van der Waals surface area contributed by atoms with Crippen molar-refractivity contribution in [2.24, 2.45) is 5.92 Å². The van der Waals surface area contributed by atoms with Gasteiger partial charge in [-0.2, -0.15) is 0 Å². The van der Waals surface area contributed by atoms with E-state index in [9.17, 15) is 4.79 Å². The van der Waals surface area contributed by atoms with E-state index in [0.717, 1.165) is 46.6 Å². The third kappa shape index (κ3) is 2.20. The quantitative estimate of drug-likeness (QED) is 0.736. The molecule has 28 heavy (non-hydrogen) atoms. The summed E-state index contributed by atoms with van der Waals surface area (Å²) in [5.41, 5.74) is 4.44. The Labute approximate surface area is 164 Å². The number of aromatic nitrogens is 1. The largest absolute Gasteiger partial charge is 0.497 e. The van der Waals surface area contributed by atoms with Crippen molar-refractivity contribution in [1.29, 1.82) is 0 Å². The number of para-hydroxylation sites is 1. The number of aromatic amines is 1. The Kier molecular flexibility index (Phi) is 3.78. The number of methoxy groups -OCH3 is 1. The first-order valence-electron chi connectivity index (χ1n) is 9.92. The Morgan fingerprint density at radius 2 is 2.04 bits per heavy atom. The number of hydrogen-bond donors (Lipinski definition) is 2. The number of carbonyl (C=O) groups excluding carboxylic acids is 1. The molecule has 0 saturated carbocycles. The van der Waals surface area contributed by atoms with E-state index in [2.05, 4.69) is 42.3 Å². The zero-order chi connectivity index (χ0) is 19.5. The van der Waals surface area contributed by atoms with Crippen LogP contribution in [0.1, 0.15) is 30.7 Å². The Morgan fingerprint density at radius 3 is 2.82 bits per heavy atom. The molecule has 0 radical (unpaired) electrons. The van der Waals surface area contributed by atoms with Crippen LogP contribution < -0.4 is 15.0 Å². The zero-order valence-electron chi connectivity index (χ0n) is 16.5. The van der Waals surface area contributed by atoms with E-state index in [1.54, 1.807) is 7.11 Å². The SMILES string of the molecule is COc1ccc2[nH]c3c(c2c1)CCN[C@]31C(=O)N(CC(C)C)c2ccccc21. The molecule has 1 atom stereocenters. The molecule has 0 saturated heterocycles. The fourth-order valence-electron chi connectivity index (χ4n) is 4.81. The third-order valence-electron chi connectivity index (χ3n) is 5.97. The summed E-state index contributed by atoms with van der Waals surface area (Å²) in [6.07, 6.45) is 0.879. The Balaban J connectivity index is 1.77. The van der Waals surface area contributed by atoms with Gasteiger partial charge in [-0.25, -0.2) is 0 Å². The summed E-state index contributed by atoms with van der Waals surface area (Å²) in [7, 11) is 1.68. The molecule has 2 aromatic carbocycles. The summed E-state index contributed by atoms with van der Waals surface area (Å²) < 4.78 is 5.43. The van der Waals surface area contributed by atoms with Crippen molar-refractivity contribution in [3.05, 3.63) is 59.3 Å². The molecule has 5 rings (SSSR count). The molecule has 1 amide bonds. The molecule has 0 aliphatic carbocycles. The third-order valence-corrected chi connectivity index (χ3v) is 5.97. The minimum Gasteiger partial charge on any atom is -0.497 e. The summed E-state index contributed by atoms with van der Waals surface area (Å²) in [5.74, 6) is 1.34. The number of amides is 1. The summed E-state index contributed by atoms with van der Waals surface area (Å²) in [5, 5.41) is 4.74. The highest BCUT2D eigenvalue weighted by molar-refractivity contribution is 6.11. The maximum Gasteiger partial charge on any atom is 0.258 e. The Hall–Kier alpha value is -2.79. The number of rotatable bonds is 3. The van der Waals surface area contributed by atoms with Crippen LogP contribution in [0.4, 0.5) is 5.69 Å². The van der Waals surface area contributed by atoms with Crippen molar-refractivity contribution < 1.29 is 9.53 Å². The number of nitrogens with zero attached hydrogens (tertiary/aromatic N) is 1. The van der Waals surface area contributed by atoms with Gasteiger partial charge in [0, 0.05) is 35.2 Å². The lowest BCUT2D eigenvalue weighted by atomic mass is 9.82. The second kappa shape index (κ2) is 6.11. The van der Waals surface area contributed by atoms with Crippen LogP contribution in [0.3, 0.4) is 0 Å². The standard InChI is InChI=1S/C23H25N3O2/c1-14(2)13-26-20-7-5-4-6-18(20)23(22(26)27)21-16(10-11-24-23)17-12-15(28-3)8-9-19(17)25-21/h4-9,12,14,24-25H,10-11,13H2,1-3H3/t23-/m0/s1. The molecule has 2 N–H and O–H groups in total. The Morgan fingerprint density at radius 1 is 1.21 bits per heavy atom. The van der Waals surface area contributed by atoms with Gasteiger partial charge in [0.15, 0.2) is 5.54 Å². The van der Waals surface area contributed by atoms with Crippen LogP contribution in [0.15, 0.2) is 42.5 Å². The lowest BCUT2D eigenvalue weighted by Gasteiger charge is -2.34. The molecule has 5 heteroatoms. The van der Waals surface area contributed by atoms with Gasteiger partial charge >= 0.3 is 0 Å². The van der Waals surface area contributed by atoms with Crippen LogP contribution in [0.2, 0.25) is 0 Å². The molecule has 2 aliphatic rings. The monoisotopic (exact) mass is 375 g/mol. The maximum atomic E-state index is 13.9. The number of H-pyrrole nitrogens is 1. The number of anilines is 1. The minimum absolute atomic E-state index is 0.113. The lowest BCUT2D eigenvalue weighted by molar-refractivity contribution is -0.123.